The summed E-state index contributed by atoms with van der Waals surface area (Å²) in [6.07, 6.45) is 2.10. The van der Waals surface area contributed by atoms with E-state index in [-0.39, 0.29) is 36.5 Å². The van der Waals surface area contributed by atoms with Crippen LogP contribution in [-0.2, 0) is 10.4 Å². The molecule has 5 rings (SSSR count). The normalized spacial score (nSPS) is 25.6. The van der Waals surface area contributed by atoms with Crippen molar-refractivity contribution in [3.63, 3.8) is 0 Å². The van der Waals surface area contributed by atoms with Crippen LogP contribution >= 0.6 is 12.4 Å². The lowest BCUT2D eigenvalue weighted by Crippen LogP contribution is -3.00. The highest BCUT2D eigenvalue weighted by molar-refractivity contribution is 5.94. The molecule has 0 unspecified atom stereocenters. The van der Waals surface area contributed by atoms with Crippen LogP contribution in [0.4, 0.5) is 0 Å². The minimum atomic E-state index is -1.60. The average molecular weight is 437 g/mol. The van der Waals surface area contributed by atoms with Crippen LogP contribution in [0, 0.1) is 11.8 Å². The minimum absolute atomic E-state index is 0. The van der Waals surface area contributed by atoms with Gasteiger partial charge in [-0.1, -0.05) is 60.7 Å². The van der Waals surface area contributed by atoms with E-state index in [0.717, 1.165) is 43.5 Å². The van der Waals surface area contributed by atoms with Crippen LogP contribution in [0.1, 0.15) is 24.0 Å². The van der Waals surface area contributed by atoms with Gasteiger partial charge >= 0.3 is 0 Å². The lowest BCUT2D eigenvalue weighted by atomic mass is 9.68. The number of halogens is 2. The van der Waals surface area contributed by atoms with Gasteiger partial charge in [-0.3, -0.25) is 4.79 Å². The molecule has 0 spiro atoms. The maximum absolute atomic E-state index is 13.9. The molecule has 0 radical (unpaired) electrons. The topological polar surface area (TPSA) is 63.3 Å². The summed E-state index contributed by atoms with van der Waals surface area (Å²) in [5, 5.41) is 11.8. The van der Waals surface area contributed by atoms with Crippen molar-refractivity contribution in [1.82, 2.24) is 0 Å². The Morgan fingerprint density at radius 1 is 1.00 bits per heavy atom. The number of hydrogen-bond acceptors (Lipinski definition) is 3. The van der Waals surface area contributed by atoms with Crippen molar-refractivity contribution in [2.75, 3.05) is 32.7 Å². The summed E-state index contributed by atoms with van der Waals surface area (Å²) in [6, 6.07) is 18.8. The third kappa shape index (κ3) is 4.23. The van der Waals surface area contributed by atoms with E-state index in [1.807, 2.05) is 60.7 Å². The van der Waals surface area contributed by atoms with Gasteiger partial charge in [-0.15, -0.1) is 12.4 Å². The lowest BCUT2D eigenvalue weighted by molar-refractivity contribution is -0.944. The van der Waals surface area contributed by atoms with Crippen LogP contribution < -0.4 is 18.1 Å². The summed E-state index contributed by atoms with van der Waals surface area (Å²) in [5.74, 6) is 0.197. The molecule has 3 heterocycles. The van der Waals surface area contributed by atoms with Crippen LogP contribution in [-0.4, -0.2) is 48.1 Å². The number of rotatable bonds is 6. The van der Waals surface area contributed by atoms with E-state index in [9.17, 15) is 9.90 Å². The quantitative estimate of drug-likeness (QED) is 0.612. The van der Waals surface area contributed by atoms with E-state index in [4.69, 9.17) is 5.73 Å². The zero-order chi connectivity index (χ0) is 18.9. The monoisotopic (exact) mass is 436 g/mol. The predicted molar refractivity (Wildman–Crippen MR) is 113 cm³/mol. The molecule has 0 amide bonds. The fourth-order valence-electron chi connectivity index (χ4n) is 5.25. The Hall–Kier alpha value is -1.43. The molecule has 2 bridgehead atoms. The van der Waals surface area contributed by atoms with Gasteiger partial charge in [0.05, 0.1) is 32.1 Å². The van der Waals surface area contributed by atoms with Gasteiger partial charge in [-0.2, -0.15) is 0 Å². The summed E-state index contributed by atoms with van der Waals surface area (Å²) in [4.78, 5) is 13.9. The summed E-state index contributed by atoms with van der Waals surface area (Å²) in [6.45, 7) is 4.60. The molecule has 2 aromatic carbocycles. The molecular formula is C23H30Cl2N2O2. The van der Waals surface area contributed by atoms with Crippen molar-refractivity contribution in [2.24, 2.45) is 17.6 Å². The SMILES string of the molecule is Cl.NCC[N+]12CCC(CC1)[C@@H](C(=O)C(O)(c1ccccc1)c1ccccc1)C2.[Cl-]. The number of hydrogen-bond donors (Lipinski definition) is 2. The van der Waals surface area contributed by atoms with E-state index >= 15 is 0 Å². The smallest absolute Gasteiger partial charge is 0.182 e. The molecule has 0 aromatic heterocycles. The number of Topliss-reactive ketones (excluding diaryl/α,β-unsaturated/α-hetero) is 1. The molecule has 3 N–H and O–H groups in total. The third-order valence-corrected chi connectivity index (χ3v) is 6.78. The first-order chi connectivity index (χ1) is 13.1. The first-order valence-corrected chi connectivity index (χ1v) is 10.0. The Labute approximate surface area is 185 Å². The summed E-state index contributed by atoms with van der Waals surface area (Å²) >= 11 is 0. The maximum Gasteiger partial charge on any atom is 0.182 e. The Morgan fingerprint density at radius 2 is 1.48 bits per heavy atom. The highest BCUT2D eigenvalue weighted by Gasteiger charge is 2.53. The van der Waals surface area contributed by atoms with E-state index in [1.54, 1.807) is 0 Å². The van der Waals surface area contributed by atoms with Crippen LogP contribution in [0.5, 0.6) is 0 Å². The van der Waals surface area contributed by atoms with Crippen molar-refractivity contribution in [3.8, 4) is 0 Å². The summed E-state index contributed by atoms with van der Waals surface area (Å²) in [5.41, 5.74) is 5.59. The molecule has 2 aromatic rings. The second kappa shape index (κ2) is 9.59. The van der Waals surface area contributed by atoms with Crippen molar-refractivity contribution in [1.29, 1.82) is 0 Å². The van der Waals surface area contributed by atoms with Crippen LogP contribution in [0.2, 0.25) is 0 Å². The van der Waals surface area contributed by atoms with Gasteiger partial charge in [0.15, 0.2) is 11.4 Å². The van der Waals surface area contributed by atoms with Crippen molar-refractivity contribution < 1.29 is 26.8 Å². The Kier molecular flexibility index (Phi) is 7.88. The van der Waals surface area contributed by atoms with Crippen LogP contribution in [0.15, 0.2) is 60.7 Å². The van der Waals surface area contributed by atoms with Gasteiger partial charge in [0.1, 0.15) is 0 Å². The predicted octanol–water partition coefficient (Wildman–Crippen LogP) is -0.267. The highest BCUT2D eigenvalue weighted by Crippen LogP contribution is 2.43. The third-order valence-electron chi connectivity index (χ3n) is 6.78. The molecule has 0 aliphatic carbocycles. The van der Waals surface area contributed by atoms with Gasteiger partial charge in [-0.25, -0.2) is 0 Å². The maximum atomic E-state index is 13.9. The minimum Gasteiger partial charge on any atom is -1.00 e. The number of piperidine rings is 3. The van der Waals surface area contributed by atoms with Crippen molar-refractivity contribution in [3.05, 3.63) is 71.8 Å². The second-order valence-corrected chi connectivity index (χ2v) is 8.23. The van der Waals surface area contributed by atoms with Gasteiger partial charge in [-0.05, 0) is 17.0 Å². The van der Waals surface area contributed by atoms with E-state index in [2.05, 4.69) is 0 Å². The second-order valence-electron chi connectivity index (χ2n) is 8.23. The van der Waals surface area contributed by atoms with E-state index in [1.165, 1.54) is 0 Å². The summed E-state index contributed by atoms with van der Waals surface area (Å²) in [7, 11) is 0. The molecule has 3 aliphatic rings. The number of nitrogens with zero attached hydrogens (tertiary/aromatic N) is 1. The Morgan fingerprint density at radius 3 is 1.93 bits per heavy atom. The molecule has 4 nitrogen and oxygen atoms in total. The van der Waals surface area contributed by atoms with E-state index in [0.29, 0.717) is 23.6 Å². The molecule has 3 fully saturated rings. The van der Waals surface area contributed by atoms with Crippen molar-refractivity contribution >= 4 is 18.2 Å². The zero-order valence-electron chi connectivity index (χ0n) is 16.5. The number of carbonyl (C=O) groups excluding carboxylic acids is 1. The molecule has 6 heteroatoms. The largest absolute Gasteiger partial charge is 1.00 e. The molecule has 3 saturated heterocycles. The number of fused-ring (bicyclic) bond motifs is 3. The number of carbonyl (C=O) groups is 1. The lowest BCUT2D eigenvalue weighted by Gasteiger charge is -2.53. The molecular weight excluding hydrogens is 407 g/mol. The van der Waals surface area contributed by atoms with E-state index < -0.39 is 5.60 Å². The fraction of sp³-hybridized carbons (Fsp3) is 0.435. The zero-order valence-corrected chi connectivity index (χ0v) is 18.1. The number of nitrogens with two attached hydrogens (primary N) is 1. The molecule has 3 aliphatic heterocycles. The first kappa shape index (κ1) is 23.8. The highest BCUT2D eigenvalue weighted by atomic mass is 35.5. The number of ketones is 1. The van der Waals surface area contributed by atoms with Gasteiger partial charge < -0.3 is 27.7 Å². The molecule has 29 heavy (non-hydrogen) atoms. The van der Waals surface area contributed by atoms with Crippen LogP contribution in [0.3, 0.4) is 0 Å². The number of aliphatic hydroxyl groups is 1. The Bertz CT molecular complexity index is 748. The first-order valence-electron chi connectivity index (χ1n) is 10.0. The average Bonchev–Trinajstić information content (AvgIpc) is 2.74. The van der Waals surface area contributed by atoms with Crippen molar-refractivity contribution in [2.45, 2.75) is 18.4 Å². The number of quaternary nitrogens is 1. The summed E-state index contributed by atoms with van der Waals surface area (Å²) < 4.78 is 0.934. The fourth-order valence-corrected chi connectivity index (χ4v) is 5.25. The van der Waals surface area contributed by atoms with Gasteiger partial charge in [0, 0.05) is 19.4 Å². The molecule has 158 valence electrons. The molecule has 0 saturated carbocycles. The molecule has 1 atom stereocenters. The number of benzene rings is 2. The van der Waals surface area contributed by atoms with Crippen LogP contribution in [0.25, 0.3) is 0 Å². The Balaban J connectivity index is 0.00000150. The van der Waals surface area contributed by atoms with Gasteiger partial charge in [0.2, 0.25) is 0 Å². The van der Waals surface area contributed by atoms with Gasteiger partial charge in [0.25, 0.3) is 0 Å². The standard InChI is InChI=1S/C23H29N2O2.2ClH/c24-13-16-25-14-11-18(12-15-25)21(17-25)22(26)23(27,19-7-3-1-4-8-19)20-9-5-2-6-10-20;;/h1-10,18,21,27H,11-17,24H2;2*1H/q+1;;/p-1/t18?,21-,25?;;/m0../s1.